The van der Waals surface area contributed by atoms with Gasteiger partial charge in [0, 0.05) is 54.3 Å². The molecule has 0 radical (unpaired) electrons. The summed E-state index contributed by atoms with van der Waals surface area (Å²) < 4.78 is 28.8. The number of anilines is 1. The number of halogens is 2. The minimum atomic E-state index is -0.978. The minimum absolute atomic E-state index is 0.0654. The number of hydrogen-bond acceptors (Lipinski definition) is 4. The summed E-state index contributed by atoms with van der Waals surface area (Å²) in [6.45, 7) is 5.12. The highest BCUT2D eigenvalue weighted by molar-refractivity contribution is 6.36. The van der Waals surface area contributed by atoms with E-state index in [-0.39, 0.29) is 23.9 Å². The largest absolute Gasteiger partial charge is 0.390 e. The second kappa shape index (κ2) is 10.6. The Kier molecular flexibility index (Phi) is 7.02. The standard InChI is InChI=1S/C31H32F2N4O3/c1-18-26(34-25-11-14-37(31(40)27(18)25)17-19(38)16-36-12-3-2-4-13-36)15-22-28-20(7-6-10-24(28)35-30(22)39)21-8-5-9-23(32)29(21)33/h5-10,15,19,34,38H,2-4,11-14,16-17H2,1H3,(H,35,39)/b22-15-. The number of nitrogens with one attached hydrogen (secondary N) is 2. The van der Waals surface area contributed by atoms with Crippen LogP contribution in [-0.4, -0.2) is 70.5 Å². The van der Waals surface area contributed by atoms with Crippen molar-refractivity contribution in [2.75, 3.05) is 38.0 Å². The van der Waals surface area contributed by atoms with Crippen molar-refractivity contribution in [2.24, 2.45) is 0 Å². The molecule has 1 aromatic heterocycles. The van der Waals surface area contributed by atoms with Gasteiger partial charge in [-0.15, -0.1) is 0 Å². The van der Waals surface area contributed by atoms with Crippen LogP contribution in [0, 0.1) is 18.6 Å². The highest BCUT2D eigenvalue weighted by Gasteiger charge is 2.33. The van der Waals surface area contributed by atoms with Gasteiger partial charge in [0.25, 0.3) is 11.8 Å². The number of benzene rings is 2. The lowest BCUT2D eigenvalue weighted by atomic mass is 9.93. The lowest BCUT2D eigenvalue weighted by Gasteiger charge is -2.32. The van der Waals surface area contributed by atoms with Crippen LogP contribution >= 0.6 is 0 Å². The highest BCUT2D eigenvalue weighted by atomic mass is 19.2. The summed E-state index contributed by atoms with van der Waals surface area (Å²) in [6.07, 6.45) is 5.16. The van der Waals surface area contributed by atoms with Gasteiger partial charge < -0.3 is 25.2 Å². The molecule has 9 heteroatoms. The predicted molar refractivity (Wildman–Crippen MR) is 150 cm³/mol. The number of piperidine rings is 1. The quantitative estimate of drug-likeness (QED) is 0.394. The van der Waals surface area contributed by atoms with E-state index >= 15 is 0 Å². The summed E-state index contributed by atoms with van der Waals surface area (Å²) in [5, 5.41) is 13.5. The second-order valence-corrected chi connectivity index (χ2v) is 10.9. The fourth-order valence-electron chi connectivity index (χ4n) is 6.20. The Morgan fingerprint density at radius 3 is 2.52 bits per heavy atom. The van der Waals surface area contributed by atoms with Crippen LogP contribution in [-0.2, 0) is 11.2 Å². The van der Waals surface area contributed by atoms with Gasteiger partial charge in [-0.1, -0.05) is 30.7 Å². The molecule has 0 spiro atoms. The first-order chi connectivity index (χ1) is 19.3. The number of likely N-dealkylation sites (tertiary alicyclic amines) is 1. The molecule has 1 atom stereocenters. The van der Waals surface area contributed by atoms with E-state index in [9.17, 15) is 23.5 Å². The van der Waals surface area contributed by atoms with E-state index in [0.717, 1.165) is 37.7 Å². The Morgan fingerprint density at radius 2 is 1.73 bits per heavy atom. The molecule has 2 aromatic carbocycles. The van der Waals surface area contributed by atoms with Crippen molar-refractivity contribution in [3.63, 3.8) is 0 Å². The lowest BCUT2D eigenvalue weighted by Crippen LogP contribution is -2.46. The molecule has 2 amide bonds. The Hall–Kier alpha value is -3.82. The number of aliphatic hydroxyl groups excluding tert-OH is 1. The SMILES string of the molecule is Cc1c(/C=C2\C(=O)Nc3cccc(-c4cccc(F)c4F)c32)[nH]c2c1C(=O)N(CC(O)CN1CCCCC1)CC2. The molecular weight excluding hydrogens is 514 g/mol. The van der Waals surface area contributed by atoms with E-state index in [0.29, 0.717) is 58.7 Å². The van der Waals surface area contributed by atoms with E-state index in [1.807, 2.05) is 6.92 Å². The zero-order chi connectivity index (χ0) is 28.0. The topological polar surface area (TPSA) is 88.7 Å². The molecule has 3 aliphatic rings. The predicted octanol–water partition coefficient (Wildman–Crippen LogP) is 4.61. The average molecular weight is 547 g/mol. The van der Waals surface area contributed by atoms with Crippen LogP contribution in [0.4, 0.5) is 14.5 Å². The first kappa shape index (κ1) is 26.4. The monoisotopic (exact) mass is 546 g/mol. The number of aromatic amines is 1. The number of aromatic nitrogens is 1. The van der Waals surface area contributed by atoms with Crippen LogP contribution < -0.4 is 5.32 Å². The third-order valence-corrected chi connectivity index (χ3v) is 8.20. The number of β-amino-alcohol motifs (C(OH)–C–C–N with tert-alkyl or cyclic N) is 1. The van der Waals surface area contributed by atoms with Gasteiger partial charge in [0.05, 0.1) is 17.2 Å². The Bertz CT molecular complexity index is 1520. The fraction of sp³-hybridized carbons (Fsp3) is 0.355. The average Bonchev–Trinajstić information content (AvgIpc) is 3.44. The highest BCUT2D eigenvalue weighted by Crippen LogP contribution is 2.42. The molecule has 1 saturated heterocycles. The number of carbonyl (C=O) groups is 2. The third kappa shape index (κ3) is 4.73. The maximum absolute atomic E-state index is 14.8. The number of hydrogen-bond donors (Lipinski definition) is 3. The van der Waals surface area contributed by atoms with Crippen LogP contribution in [0.2, 0.25) is 0 Å². The van der Waals surface area contributed by atoms with Crippen molar-refractivity contribution in [1.29, 1.82) is 0 Å². The molecular formula is C31H32F2N4O3. The number of fused-ring (bicyclic) bond motifs is 2. The van der Waals surface area contributed by atoms with E-state index in [2.05, 4.69) is 15.2 Å². The summed E-state index contributed by atoms with van der Waals surface area (Å²) in [5.74, 6) is -2.44. The molecule has 40 heavy (non-hydrogen) atoms. The first-order valence-electron chi connectivity index (χ1n) is 13.8. The van der Waals surface area contributed by atoms with Crippen molar-refractivity contribution >= 4 is 29.2 Å². The first-order valence-corrected chi connectivity index (χ1v) is 13.8. The molecule has 1 fully saturated rings. The summed E-state index contributed by atoms with van der Waals surface area (Å²) in [5.41, 5.74) is 4.44. The zero-order valence-corrected chi connectivity index (χ0v) is 22.4. The molecule has 208 valence electrons. The van der Waals surface area contributed by atoms with Gasteiger partial charge in [-0.05, 0) is 62.2 Å². The number of H-pyrrole nitrogens is 1. The van der Waals surface area contributed by atoms with Crippen molar-refractivity contribution in [1.82, 2.24) is 14.8 Å². The number of carbonyl (C=O) groups excluding carboxylic acids is 2. The molecule has 4 heterocycles. The van der Waals surface area contributed by atoms with E-state index in [4.69, 9.17) is 0 Å². The number of aliphatic hydroxyl groups is 1. The van der Waals surface area contributed by atoms with Crippen molar-refractivity contribution in [3.8, 4) is 11.1 Å². The molecule has 1 unspecified atom stereocenters. The minimum Gasteiger partial charge on any atom is -0.390 e. The molecule has 3 aromatic rings. The van der Waals surface area contributed by atoms with Crippen LogP contribution in [0.15, 0.2) is 36.4 Å². The van der Waals surface area contributed by atoms with E-state index in [1.165, 1.54) is 18.6 Å². The molecule has 7 nitrogen and oxygen atoms in total. The van der Waals surface area contributed by atoms with Gasteiger partial charge in [0.15, 0.2) is 11.6 Å². The lowest BCUT2D eigenvalue weighted by molar-refractivity contribution is -0.110. The van der Waals surface area contributed by atoms with Gasteiger partial charge in [0.2, 0.25) is 0 Å². The third-order valence-electron chi connectivity index (χ3n) is 8.20. The maximum Gasteiger partial charge on any atom is 0.256 e. The van der Waals surface area contributed by atoms with Crippen molar-refractivity contribution < 1.29 is 23.5 Å². The van der Waals surface area contributed by atoms with Gasteiger partial charge in [-0.2, -0.15) is 0 Å². The van der Waals surface area contributed by atoms with Crippen LogP contribution in [0.25, 0.3) is 22.8 Å². The molecule has 0 saturated carbocycles. The van der Waals surface area contributed by atoms with Crippen LogP contribution in [0.3, 0.4) is 0 Å². The summed E-state index contributed by atoms with van der Waals surface area (Å²) in [4.78, 5) is 33.8. The second-order valence-electron chi connectivity index (χ2n) is 10.9. The summed E-state index contributed by atoms with van der Waals surface area (Å²) in [6, 6.07) is 9.05. The Balaban J connectivity index is 1.29. The van der Waals surface area contributed by atoms with Gasteiger partial charge >= 0.3 is 0 Å². The van der Waals surface area contributed by atoms with Crippen molar-refractivity contribution in [3.05, 3.63) is 76.1 Å². The maximum atomic E-state index is 14.8. The molecule has 0 aliphatic carbocycles. The van der Waals surface area contributed by atoms with E-state index < -0.39 is 17.7 Å². The Morgan fingerprint density at radius 1 is 0.975 bits per heavy atom. The van der Waals surface area contributed by atoms with E-state index in [1.54, 1.807) is 29.2 Å². The van der Waals surface area contributed by atoms with Crippen LogP contribution in [0.1, 0.15) is 52.1 Å². The number of nitrogens with zero attached hydrogens (tertiary/aromatic N) is 2. The van der Waals surface area contributed by atoms with Gasteiger partial charge in [-0.3, -0.25) is 9.59 Å². The number of rotatable bonds is 6. The smallest absolute Gasteiger partial charge is 0.256 e. The normalized spacial score (nSPS) is 19.1. The molecule has 0 bridgehead atoms. The summed E-state index contributed by atoms with van der Waals surface area (Å²) >= 11 is 0. The molecule has 3 aliphatic heterocycles. The van der Waals surface area contributed by atoms with Gasteiger partial charge in [0.1, 0.15) is 0 Å². The fourth-order valence-corrected chi connectivity index (χ4v) is 6.20. The van der Waals surface area contributed by atoms with Gasteiger partial charge in [-0.25, -0.2) is 8.78 Å². The van der Waals surface area contributed by atoms with Crippen LogP contribution in [0.5, 0.6) is 0 Å². The number of amides is 2. The molecule has 6 rings (SSSR count). The molecule has 3 N–H and O–H groups in total. The summed E-state index contributed by atoms with van der Waals surface area (Å²) in [7, 11) is 0. The Labute approximate surface area is 231 Å². The van der Waals surface area contributed by atoms with Crippen molar-refractivity contribution in [2.45, 2.75) is 38.7 Å². The zero-order valence-electron chi connectivity index (χ0n) is 22.4.